The lowest BCUT2D eigenvalue weighted by Crippen LogP contribution is -2.20. The fourth-order valence-corrected chi connectivity index (χ4v) is 2.04. The highest BCUT2D eigenvalue weighted by molar-refractivity contribution is 6.02. The van der Waals surface area contributed by atoms with Crippen LogP contribution in [0.1, 0.15) is 32.8 Å². The lowest BCUT2D eigenvalue weighted by molar-refractivity contribution is -0.121. The molecule has 2 aromatic rings. The van der Waals surface area contributed by atoms with Gasteiger partial charge in [0.15, 0.2) is 0 Å². The van der Waals surface area contributed by atoms with Crippen LogP contribution in [0.5, 0.6) is 0 Å². The summed E-state index contributed by atoms with van der Waals surface area (Å²) < 4.78 is 0. The number of benzene rings is 2. The van der Waals surface area contributed by atoms with Gasteiger partial charge < -0.3 is 0 Å². The van der Waals surface area contributed by atoms with E-state index in [4.69, 9.17) is 0 Å². The van der Waals surface area contributed by atoms with E-state index in [1.54, 1.807) is 0 Å². The Kier molecular flexibility index (Phi) is 4.51. The number of nitrogens with zero attached hydrogens (tertiary/aromatic N) is 1. The maximum atomic E-state index is 11.6. The molecule has 0 aromatic heterocycles. The molecule has 0 radical (unpaired) electrons. The van der Waals surface area contributed by atoms with Crippen LogP contribution in [0.3, 0.4) is 0 Å². The van der Waals surface area contributed by atoms with Gasteiger partial charge in [0.05, 0.1) is 5.71 Å². The molecule has 0 unspecified atom stereocenters. The van der Waals surface area contributed by atoms with Crippen molar-refractivity contribution in [2.75, 3.05) is 0 Å². The second kappa shape index (κ2) is 6.33. The normalized spacial score (nSPS) is 11.9. The number of carbonyl (C=O) groups is 1. The molecular formula is C17H20N2O. The molecule has 0 bridgehead atoms. The van der Waals surface area contributed by atoms with E-state index in [-0.39, 0.29) is 5.91 Å². The number of amides is 1. The minimum atomic E-state index is -0.0415. The minimum Gasteiger partial charge on any atom is -0.273 e. The molecule has 0 saturated heterocycles. The number of hydrazone groups is 1. The second-order valence-corrected chi connectivity index (χ2v) is 5.39. The third-order valence-electron chi connectivity index (χ3n) is 3.11. The molecule has 0 aliphatic rings. The molecule has 3 heteroatoms. The van der Waals surface area contributed by atoms with Crippen LogP contribution in [0.2, 0.25) is 0 Å². The molecule has 0 spiro atoms. The van der Waals surface area contributed by atoms with Crippen LogP contribution in [-0.2, 0) is 4.79 Å². The Labute approximate surface area is 119 Å². The molecule has 0 heterocycles. The maximum absolute atomic E-state index is 11.6. The molecule has 1 amide bonds. The van der Waals surface area contributed by atoms with Crippen molar-refractivity contribution in [3.05, 3.63) is 48.0 Å². The van der Waals surface area contributed by atoms with Gasteiger partial charge in [-0.25, -0.2) is 5.43 Å². The molecule has 0 saturated carbocycles. The van der Waals surface area contributed by atoms with Crippen molar-refractivity contribution >= 4 is 22.4 Å². The largest absolute Gasteiger partial charge is 0.273 e. The molecule has 2 aromatic carbocycles. The molecule has 20 heavy (non-hydrogen) atoms. The van der Waals surface area contributed by atoms with E-state index >= 15 is 0 Å². The van der Waals surface area contributed by atoms with Crippen LogP contribution in [0.4, 0.5) is 0 Å². The summed E-state index contributed by atoms with van der Waals surface area (Å²) in [6.45, 7) is 5.93. The fourth-order valence-electron chi connectivity index (χ4n) is 2.04. The Hall–Kier alpha value is -2.16. The molecule has 0 atom stereocenters. The van der Waals surface area contributed by atoms with E-state index in [9.17, 15) is 4.79 Å². The van der Waals surface area contributed by atoms with Crippen LogP contribution >= 0.6 is 0 Å². The molecule has 0 aliphatic heterocycles. The van der Waals surface area contributed by atoms with Crippen molar-refractivity contribution in [2.24, 2.45) is 11.0 Å². The summed E-state index contributed by atoms with van der Waals surface area (Å²) in [6, 6.07) is 14.4. The molecule has 2 rings (SSSR count). The summed E-state index contributed by atoms with van der Waals surface area (Å²) in [4.78, 5) is 11.6. The maximum Gasteiger partial charge on any atom is 0.240 e. The predicted octanol–water partition coefficient (Wildman–Crippen LogP) is 3.73. The molecule has 0 aliphatic carbocycles. The molecule has 3 nitrogen and oxygen atoms in total. The molecule has 0 fully saturated rings. The fraction of sp³-hybridized carbons (Fsp3) is 0.294. The van der Waals surface area contributed by atoms with Gasteiger partial charge in [0, 0.05) is 6.42 Å². The Morgan fingerprint density at radius 2 is 1.85 bits per heavy atom. The number of hydrogen-bond acceptors (Lipinski definition) is 2. The highest BCUT2D eigenvalue weighted by Crippen LogP contribution is 2.16. The van der Waals surface area contributed by atoms with E-state index < -0.39 is 0 Å². The second-order valence-electron chi connectivity index (χ2n) is 5.39. The Balaban J connectivity index is 2.14. The van der Waals surface area contributed by atoms with Crippen LogP contribution < -0.4 is 5.43 Å². The Morgan fingerprint density at radius 1 is 1.15 bits per heavy atom. The van der Waals surface area contributed by atoms with Gasteiger partial charge in [-0.3, -0.25) is 4.79 Å². The van der Waals surface area contributed by atoms with Crippen molar-refractivity contribution in [1.29, 1.82) is 0 Å². The standard InChI is InChI=1S/C17H20N2O/c1-12(2)10-17(20)19-18-13(3)15-9-8-14-6-4-5-7-16(14)11-15/h4-9,11-12H,10H2,1-3H3,(H,19,20)/b18-13+. The lowest BCUT2D eigenvalue weighted by atomic mass is 10.0. The highest BCUT2D eigenvalue weighted by atomic mass is 16.2. The highest BCUT2D eigenvalue weighted by Gasteiger charge is 2.04. The first-order chi connectivity index (χ1) is 9.56. The van der Waals surface area contributed by atoms with Gasteiger partial charge in [0.25, 0.3) is 0 Å². The SMILES string of the molecule is C/C(=N\NC(=O)CC(C)C)c1ccc2ccccc2c1. The first-order valence-electron chi connectivity index (χ1n) is 6.88. The average Bonchev–Trinajstić information content (AvgIpc) is 2.43. The van der Waals surface area contributed by atoms with E-state index in [0.717, 1.165) is 11.3 Å². The van der Waals surface area contributed by atoms with Gasteiger partial charge in [-0.1, -0.05) is 50.2 Å². The first kappa shape index (κ1) is 14.3. The van der Waals surface area contributed by atoms with Gasteiger partial charge >= 0.3 is 0 Å². The topological polar surface area (TPSA) is 41.5 Å². The van der Waals surface area contributed by atoms with E-state index in [2.05, 4.69) is 34.8 Å². The Morgan fingerprint density at radius 3 is 2.55 bits per heavy atom. The quantitative estimate of drug-likeness (QED) is 0.666. The number of nitrogens with one attached hydrogen (secondary N) is 1. The van der Waals surface area contributed by atoms with Crippen LogP contribution in [0, 0.1) is 5.92 Å². The van der Waals surface area contributed by atoms with Gasteiger partial charge in [-0.2, -0.15) is 5.10 Å². The van der Waals surface area contributed by atoms with Crippen LogP contribution in [0.15, 0.2) is 47.6 Å². The molecule has 1 N–H and O–H groups in total. The van der Waals surface area contributed by atoms with Gasteiger partial charge in [0.1, 0.15) is 0 Å². The third kappa shape index (κ3) is 3.67. The summed E-state index contributed by atoms with van der Waals surface area (Å²) in [7, 11) is 0. The van der Waals surface area contributed by atoms with Crippen LogP contribution in [0.25, 0.3) is 10.8 Å². The zero-order chi connectivity index (χ0) is 14.5. The summed E-state index contributed by atoms with van der Waals surface area (Å²) in [6.07, 6.45) is 0.495. The lowest BCUT2D eigenvalue weighted by Gasteiger charge is -2.06. The summed E-state index contributed by atoms with van der Waals surface area (Å²) >= 11 is 0. The van der Waals surface area contributed by atoms with Gasteiger partial charge in [-0.15, -0.1) is 0 Å². The van der Waals surface area contributed by atoms with Crippen molar-refractivity contribution in [2.45, 2.75) is 27.2 Å². The summed E-state index contributed by atoms with van der Waals surface area (Å²) in [5.41, 5.74) is 4.44. The smallest absolute Gasteiger partial charge is 0.240 e. The predicted molar refractivity (Wildman–Crippen MR) is 83.8 cm³/mol. The third-order valence-corrected chi connectivity index (χ3v) is 3.11. The summed E-state index contributed by atoms with van der Waals surface area (Å²) in [5.74, 6) is 0.298. The van der Waals surface area contributed by atoms with E-state index in [1.165, 1.54) is 10.8 Å². The number of hydrogen-bond donors (Lipinski definition) is 1. The number of fused-ring (bicyclic) bond motifs is 1. The zero-order valence-corrected chi connectivity index (χ0v) is 12.2. The zero-order valence-electron chi connectivity index (χ0n) is 12.2. The average molecular weight is 268 g/mol. The van der Waals surface area contributed by atoms with Gasteiger partial charge in [-0.05, 0) is 35.2 Å². The van der Waals surface area contributed by atoms with E-state index in [1.807, 2.05) is 39.0 Å². The van der Waals surface area contributed by atoms with Crippen molar-refractivity contribution in [1.82, 2.24) is 5.43 Å². The number of rotatable bonds is 4. The summed E-state index contributed by atoms with van der Waals surface area (Å²) in [5, 5.41) is 6.55. The van der Waals surface area contributed by atoms with Crippen LogP contribution in [-0.4, -0.2) is 11.6 Å². The monoisotopic (exact) mass is 268 g/mol. The van der Waals surface area contributed by atoms with E-state index in [0.29, 0.717) is 12.3 Å². The number of carbonyl (C=O) groups excluding carboxylic acids is 1. The van der Waals surface area contributed by atoms with Gasteiger partial charge in [0.2, 0.25) is 5.91 Å². The Bertz CT molecular complexity index is 644. The first-order valence-corrected chi connectivity index (χ1v) is 6.88. The minimum absolute atomic E-state index is 0.0415. The van der Waals surface area contributed by atoms with Crippen molar-refractivity contribution in [3.8, 4) is 0 Å². The molecule has 104 valence electrons. The van der Waals surface area contributed by atoms with Crippen molar-refractivity contribution < 1.29 is 4.79 Å². The molecular weight excluding hydrogens is 248 g/mol. The van der Waals surface area contributed by atoms with Crippen molar-refractivity contribution in [3.63, 3.8) is 0 Å².